The molecule has 0 fully saturated rings. The van der Waals surface area contributed by atoms with E-state index in [-0.39, 0.29) is 11.5 Å². The quantitative estimate of drug-likeness (QED) is 0.671. The van der Waals surface area contributed by atoms with Crippen molar-refractivity contribution < 1.29 is 4.74 Å². The van der Waals surface area contributed by atoms with Crippen LogP contribution in [0.5, 0.6) is 5.75 Å². The summed E-state index contributed by atoms with van der Waals surface area (Å²) in [6, 6.07) is 8.20. The molecule has 102 valence electrons. The molecule has 0 bridgehead atoms. The Morgan fingerprint density at radius 2 is 1.89 bits per heavy atom. The molecule has 0 aliphatic carbocycles. The van der Waals surface area contributed by atoms with Crippen LogP contribution in [0, 0.1) is 0 Å². The van der Waals surface area contributed by atoms with Crippen molar-refractivity contribution in [2.75, 3.05) is 26.7 Å². The fourth-order valence-electron chi connectivity index (χ4n) is 1.80. The molecule has 0 radical (unpaired) electrons. The molecule has 4 heteroatoms. The van der Waals surface area contributed by atoms with E-state index in [4.69, 9.17) is 16.2 Å². The summed E-state index contributed by atoms with van der Waals surface area (Å²) >= 11 is 0. The highest BCUT2D eigenvalue weighted by Crippen LogP contribution is 2.24. The third-order valence-corrected chi connectivity index (χ3v) is 3.15. The first-order chi connectivity index (χ1) is 8.49. The van der Waals surface area contributed by atoms with Crippen molar-refractivity contribution in [2.45, 2.75) is 25.3 Å². The van der Waals surface area contributed by atoms with Gasteiger partial charge in [-0.15, -0.1) is 0 Å². The summed E-state index contributed by atoms with van der Waals surface area (Å²) < 4.78 is 5.16. The Labute approximate surface area is 110 Å². The molecule has 0 amide bonds. The summed E-state index contributed by atoms with van der Waals surface area (Å²) in [6.45, 7) is 6.53. The molecule has 0 spiro atoms. The van der Waals surface area contributed by atoms with Crippen molar-refractivity contribution in [3.8, 4) is 5.75 Å². The maximum atomic E-state index is 5.77. The Bertz CT molecular complexity index is 349. The fraction of sp³-hybridized carbons (Fsp3) is 0.571. The minimum Gasteiger partial charge on any atom is -0.497 e. The van der Waals surface area contributed by atoms with Crippen LogP contribution in [0.3, 0.4) is 0 Å². The Balaban J connectivity index is 2.56. The third kappa shape index (κ3) is 4.29. The zero-order valence-electron chi connectivity index (χ0n) is 11.6. The highest BCUT2D eigenvalue weighted by molar-refractivity contribution is 5.31. The van der Waals surface area contributed by atoms with Crippen molar-refractivity contribution in [2.24, 2.45) is 11.5 Å². The largest absolute Gasteiger partial charge is 0.497 e. The topological polar surface area (TPSA) is 73.3 Å². The smallest absolute Gasteiger partial charge is 0.118 e. The molecule has 0 aliphatic rings. The van der Waals surface area contributed by atoms with Gasteiger partial charge in [0.2, 0.25) is 0 Å². The summed E-state index contributed by atoms with van der Waals surface area (Å²) in [5.41, 5.74) is 12.6. The Hall–Kier alpha value is -1.10. The van der Waals surface area contributed by atoms with E-state index < -0.39 is 0 Å². The van der Waals surface area contributed by atoms with Crippen LogP contribution < -0.4 is 21.5 Å². The molecule has 1 aromatic rings. The summed E-state index contributed by atoms with van der Waals surface area (Å²) in [5.74, 6) is 0.882. The predicted molar refractivity (Wildman–Crippen MR) is 75.9 cm³/mol. The van der Waals surface area contributed by atoms with Crippen molar-refractivity contribution in [3.05, 3.63) is 29.8 Å². The summed E-state index contributed by atoms with van der Waals surface area (Å²) in [5, 5.41) is 3.37. The molecule has 0 heterocycles. The highest BCUT2D eigenvalue weighted by Gasteiger charge is 2.20. The molecule has 1 unspecified atom stereocenters. The van der Waals surface area contributed by atoms with Gasteiger partial charge in [-0.1, -0.05) is 26.0 Å². The van der Waals surface area contributed by atoms with E-state index in [1.165, 1.54) is 5.56 Å². The molecule has 4 nitrogen and oxygen atoms in total. The van der Waals surface area contributed by atoms with Gasteiger partial charge in [0.25, 0.3) is 0 Å². The maximum Gasteiger partial charge on any atom is 0.118 e. The van der Waals surface area contributed by atoms with Crippen LogP contribution in [0.2, 0.25) is 0 Å². The second kappa shape index (κ2) is 6.73. The van der Waals surface area contributed by atoms with Crippen LogP contribution in [0.15, 0.2) is 24.3 Å². The fourth-order valence-corrected chi connectivity index (χ4v) is 1.80. The van der Waals surface area contributed by atoms with Gasteiger partial charge in [-0.3, -0.25) is 0 Å². The lowest BCUT2D eigenvalue weighted by Crippen LogP contribution is -2.43. The Kier molecular flexibility index (Phi) is 5.59. The molecular formula is C14H25N3O. The average Bonchev–Trinajstić information content (AvgIpc) is 2.38. The molecular weight excluding hydrogens is 226 g/mol. The third-order valence-electron chi connectivity index (χ3n) is 3.15. The van der Waals surface area contributed by atoms with E-state index >= 15 is 0 Å². The standard InChI is InChI=1S/C14H25N3O/c1-14(2,10-17-9-12(16)8-15)11-4-6-13(18-3)7-5-11/h4-7,12,17H,8-10,15-16H2,1-3H3. The van der Waals surface area contributed by atoms with Crippen LogP contribution in [-0.4, -0.2) is 32.8 Å². The van der Waals surface area contributed by atoms with Gasteiger partial charge in [0.15, 0.2) is 0 Å². The van der Waals surface area contributed by atoms with Gasteiger partial charge in [0.05, 0.1) is 7.11 Å². The first kappa shape index (κ1) is 15.0. The molecule has 1 aromatic carbocycles. The second-order valence-corrected chi connectivity index (χ2v) is 5.24. The van der Waals surface area contributed by atoms with E-state index in [2.05, 4.69) is 31.3 Å². The summed E-state index contributed by atoms with van der Waals surface area (Å²) in [7, 11) is 1.68. The van der Waals surface area contributed by atoms with Gasteiger partial charge in [-0.2, -0.15) is 0 Å². The molecule has 5 N–H and O–H groups in total. The van der Waals surface area contributed by atoms with E-state index in [9.17, 15) is 0 Å². The number of benzene rings is 1. The molecule has 18 heavy (non-hydrogen) atoms. The van der Waals surface area contributed by atoms with E-state index in [0.717, 1.165) is 18.8 Å². The van der Waals surface area contributed by atoms with Gasteiger partial charge >= 0.3 is 0 Å². The number of hydrogen-bond acceptors (Lipinski definition) is 4. The first-order valence-electron chi connectivity index (χ1n) is 6.30. The van der Waals surface area contributed by atoms with Crippen LogP contribution in [0.1, 0.15) is 19.4 Å². The SMILES string of the molecule is COc1ccc(C(C)(C)CNCC(N)CN)cc1. The van der Waals surface area contributed by atoms with Gasteiger partial charge in [-0.25, -0.2) is 0 Å². The minimum absolute atomic E-state index is 0.0247. The molecule has 1 atom stereocenters. The lowest BCUT2D eigenvalue weighted by atomic mass is 9.84. The van der Waals surface area contributed by atoms with E-state index in [1.54, 1.807) is 7.11 Å². The van der Waals surface area contributed by atoms with Crippen molar-refractivity contribution in [1.82, 2.24) is 5.32 Å². The normalized spacial score (nSPS) is 13.4. The zero-order chi connectivity index (χ0) is 13.6. The predicted octanol–water partition coefficient (Wildman–Crippen LogP) is 0.848. The van der Waals surface area contributed by atoms with E-state index in [0.29, 0.717) is 6.54 Å². The van der Waals surface area contributed by atoms with Gasteiger partial charge in [-0.05, 0) is 17.7 Å². The van der Waals surface area contributed by atoms with Gasteiger partial charge in [0.1, 0.15) is 5.75 Å². The van der Waals surface area contributed by atoms with Gasteiger partial charge < -0.3 is 21.5 Å². The number of rotatable bonds is 7. The van der Waals surface area contributed by atoms with E-state index in [1.807, 2.05) is 12.1 Å². The van der Waals surface area contributed by atoms with Crippen LogP contribution in [-0.2, 0) is 5.41 Å². The lowest BCUT2D eigenvalue weighted by Gasteiger charge is -2.26. The van der Waals surface area contributed by atoms with Crippen molar-refractivity contribution >= 4 is 0 Å². The second-order valence-electron chi connectivity index (χ2n) is 5.24. The number of nitrogens with one attached hydrogen (secondary N) is 1. The minimum atomic E-state index is 0.0247. The number of methoxy groups -OCH3 is 1. The monoisotopic (exact) mass is 251 g/mol. The lowest BCUT2D eigenvalue weighted by molar-refractivity contribution is 0.413. The summed E-state index contributed by atoms with van der Waals surface area (Å²) in [6.07, 6.45) is 0. The van der Waals surface area contributed by atoms with Crippen molar-refractivity contribution in [3.63, 3.8) is 0 Å². The van der Waals surface area contributed by atoms with Crippen molar-refractivity contribution in [1.29, 1.82) is 0 Å². The van der Waals surface area contributed by atoms with Crippen LogP contribution in [0.4, 0.5) is 0 Å². The molecule has 0 saturated carbocycles. The molecule has 0 aliphatic heterocycles. The first-order valence-corrected chi connectivity index (χ1v) is 6.30. The number of nitrogens with two attached hydrogens (primary N) is 2. The van der Waals surface area contributed by atoms with Crippen LogP contribution >= 0.6 is 0 Å². The Morgan fingerprint density at radius 3 is 2.39 bits per heavy atom. The zero-order valence-corrected chi connectivity index (χ0v) is 11.6. The molecule has 0 saturated heterocycles. The maximum absolute atomic E-state index is 5.77. The summed E-state index contributed by atoms with van der Waals surface area (Å²) in [4.78, 5) is 0. The Morgan fingerprint density at radius 1 is 1.28 bits per heavy atom. The number of hydrogen-bond donors (Lipinski definition) is 3. The number of ether oxygens (including phenoxy) is 1. The highest BCUT2D eigenvalue weighted by atomic mass is 16.5. The molecule has 0 aromatic heterocycles. The van der Waals surface area contributed by atoms with Crippen LogP contribution in [0.25, 0.3) is 0 Å². The molecule has 1 rings (SSSR count). The van der Waals surface area contributed by atoms with Gasteiger partial charge in [0, 0.05) is 31.1 Å². The average molecular weight is 251 g/mol.